The van der Waals surface area contributed by atoms with Crippen molar-refractivity contribution < 1.29 is 32.3 Å². The van der Waals surface area contributed by atoms with E-state index in [9.17, 15) is 27.6 Å². The molecule has 0 unspecified atom stereocenters. The third-order valence-corrected chi connectivity index (χ3v) is 6.26. The largest absolute Gasteiger partial charge is 0.416 e. The average molecular weight is 493 g/mol. The van der Waals surface area contributed by atoms with Gasteiger partial charge in [-0.2, -0.15) is 13.2 Å². The van der Waals surface area contributed by atoms with Gasteiger partial charge in [0.25, 0.3) is 11.8 Å². The van der Waals surface area contributed by atoms with Crippen molar-refractivity contribution in [2.24, 2.45) is 0 Å². The van der Waals surface area contributed by atoms with E-state index in [0.29, 0.717) is 26.3 Å². The average Bonchev–Trinajstić information content (AvgIpc) is 3.17. The van der Waals surface area contributed by atoms with Gasteiger partial charge in [-0.1, -0.05) is 24.3 Å². The van der Waals surface area contributed by atoms with E-state index in [-0.39, 0.29) is 29.9 Å². The standard InChI is InChI=1S/C23H26F3N5O4/c1-3-8-30-17-13-31(14(2)20(32)28-29-9-11-35-12-10-29)21(33)18(17)19(27-22(30)34)15-6-4-5-7-16(15)23(24,25)26/h3-7,14,19H,1,8-13H2,2H3,(H,27,34)(H,28,32)/t14-,19+/m1/s1. The van der Waals surface area contributed by atoms with Gasteiger partial charge in [-0.15, -0.1) is 6.58 Å². The van der Waals surface area contributed by atoms with Crippen molar-refractivity contribution in [3.8, 4) is 0 Å². The van der Waals surface area contributed by atoms with Gasteiger partial charge < -0.3 is 15.0 Å². The summed E-state index contributed by atoms with van der Waals surface area (Å²) in [4.78, 5) is 41.8. The van der Waals surface area contributed by atoms with Crippen LogP contribution in [0.15, 0.2) is 48.2 Å². The van der Waals surface area contributed by atoms with E-state index < -0.39 is 41.7 Å². The molecular weight excluding hydrogens is 467 g/mol. The fourth-order valence-corrected chi connectivity index (χ4v) is 4.45. The van der Waals surface area contributed by atoms with Crippen LogP contribution in [0.1, 0.15) is 24.1 Å². The molecule has 0 aliphatic carbocycles. The summed E-state index contributed by atoms with van der Waals surface area (Å²) < 4.78 is 46.5. The first-order valence-corrected chi connectivity index (χ1v) is 11.2. The molecule has 1 aromatic carbocycles. The van der Waals surface area contributed by atoms with Crippen molar-refractivity contribution in [2.75, 3.05) is 39.4 Å². The molecule has 3 aliphatic heterocycles. The number of hydrogen-bond acceptors (Lipinski definition) is 5. The van der Waals surface area contributed by atoms with Crippen molar-refractivity contribution in [3.63, 3.8) is 0 Å². The summed E-state index contributed by atoms with van der Waals surface area (Å²) in [6, 6.07) is 1.92. The number of rotatable bonds is 6. The smallest absolute Gasteiger partial charge is 0.379 e. The highest BCUT2D eigenvalue weighted by atomic mass is 19.4. The Morgan fingerprint density at radius 3 is 2.63 bits per heavy atom. The molecule has 1 saturated heterocycles. The van der Waals surface area contributed by atoms with Crippen molar-refractivity contribution in [1.29, 1.82) is 0 Å². The lowest BCUT2D eigenvalue weighted by molar-refractivity contribution is -0.140. The maximum absolute atomic E-state index is 13.8. The predicted octanol–water partition coefficient (Wildman–Crippen LogP) is 1.81. The molecule has 0 bridgehead atoms. The molecule has 4 rings (SSSR count). The van der Waals surface area contributed by atoms with Crippen LogP contribution < -0.4 is 10.7 Å². The Bertz CT molecular complexity index is 1070. The van der Waals surface area contributed by atoms with Gasteiger partial charge in [0.05, 0.1) is 42.6 Å². The summed E-state index contributed by atoms with van der Waals surface area (Å²) in [6.07, 6.45) is -3.23. The fraction of sp³-hybridized carbons (Fsp3) is 0.435. The number of halogens is 3. The van der Waals surface area contributed by atoms with E-state index in [1.807, 2.05) is 0 Å². The van der Waals surface area contributed by atoms with Gasteiger partial charge in [0, 0.05) is 19.6 Å². The highest BCUT2D eigenvalue weighted by molar-refractivity contribution is 6.03. The molecule has 0 radical (unpaired) electrons. The van der Waals surface area contributed by atoms with Crippen LogP contribution >= 0.6 is 0 Å². The predicted molar refractivity (Wildman–Crippen MR) is 118 cm³/mol. The van der Waals surface area contributed by atoms with E-state index >= 15 is 0 Å². The lowest BCUT2D eigenvalue weighted by atomic mass is 9.91. The Balaban J connectivity index is 1.67. The number of benzene rings is 1. The molecule has 3 heterocycles. The zero-order chi connectivity index (χ0) is 25.3. The van der Waals surface area contributed by atoms with E-state index in [0.717, 1.165) is 6.07 Å². The summed E-state index contributed by atoms with van der Waals surface area (Å²) in [5.74, 6) is -1.05. The molecule has 2 N–H and O–H groups in total. The molecule has 0 saturated carbocycles. The number of alkyl halides is 3. The van der Waals surface area contributed by atoms with Crippen LogP contribution in [-0.2, 0) is 20.5 Å². The van der Waals surface area contributed by atoms with E-state index in [2.05, 4.69) is 17.3 Å². The lowest BCUT2D eigenvalue weighted by Crippen LogP contribution is -2.54. The van der Waals surface area contributed by atoms with Gasteiger partial charge in [-0.3, -0.25) is 19.9 Å². The third-order valence-electron chi connectivity index (χ3n) is 6.26. The van der Waals surface area contributed by atoms with Gasteiger partial charge in [0.15, 0.2) is 0 Å². The van der Waals surface area contributed by atoms with Crippen molar-refractivity contribution in [3.05, 3.63) is 59.3 Å². The molecule has 9 nitrogen and oxygen atoms in total. The van der Waals surface area contributed by atoms with Crippen LogP contribution in [-0.4, -0.2) is 78.1 Å². The minimum Gasteiger partial charge on any atom is -0.379 e. The van der Waals surface area contributed by atoms with E-state index in [1.54, 1.807) is 5.01 Å². The summed E-state index contributed by atoms with van der Waals surface area (Å²) in [6.45, 7) is 7.00. The maximum Gasteiger partial charge on any atom is 0.416 e. The molecule has 1 aromatic rings. The topological polar surface area (TPSA) is 94.2 Å². The molecular formula is C23H26F3N5O4. The SMILES string of the molecule is C=CCN1C(=O)N[C@@H](c2ccccc2C(F)(F)F)C2=C1CN([C@H](C)C(=O)NN1CCOCC1)C2=O. The monoisotopic (exact) mass is 493 g/mol. The van der Waals surface area contributed by atoms with Gasteiger partial charge in [0.1, 0.15) is 6.04 Å². The number of morpholine rings is 1. The Kier molecular flexibility index (Phi) is 6.86. The van der Waals surface area contributed by atoms with E-state index in [1.165, 1.54) is 41.0 Å². The first kappa shape index (κ1) is 24.7. The molecule has 12 heteroatoms. The van der Waals surface area contributed by atoms with Gasteiger partial charge in [-0.05, 0) is 18.6 Å². The summed E-state index contributed by atoms with van der Waals surface area (Å²) in [5, 5.41) is 4.24. The summed E-state index contributed by atoms with van der Waals surface area (Å²) in [7, 11) is 0. The molecule has 0 spiro atoms. The lowest BCUT2D eigenvalue weighted by Gasteiger charge is -2.33. The van der Waals surface area contributed by atoms with Gasteiger partial charge >= 0.3 is 12.2 Å². The minimum absolute atomic E-state index is 0.00849. The normalized spacial score (nSPS) is 22.1. The number of hydrazine groups is 1. The van der Waals surface area contributed by atoms with E-state index in [4.69, 9.17) is 4.74 Å². The number of nitrogens with zero attached hydrogens (tertiary/aromatic N) is 3. The quantitative estimate of drug-likeness (QED) is 0.590. The second kappa shape index (κ2) is 9.70. The van der Waals surface area contributed by atoms with Crippen LogP contribution in [0.5, 0.6) is 0 Å². The van der Waals surface area contributed by atoms with Crippen LogP contribution in [0.2, 0.25) is 0 Å². The Morgan fingerprint density at radius 2 is 1.97 bits per heavy atom. The Labute approximate surface area is 200 Å². The highest BCUT2D eigenvalue weighted by Crippen LogP contribution is 2.41. The number of carbonyl (C=O) groups excluding carboxylic acids is 3. The van der Waals surface area contributed by atoms with Crippen molar-refractivity contribution >= 4 is 17.8 Å². The first-order chi connectivity index (χ1) is 16.6. The zero-order valence-electron chi connectivity index (χ0n) is 19.1. The Morgan fingerprint density at radius 1 is 1.29 bits per heavy atom. The number of urea groups is 1. The molecule has 3 aliphatic rings. The van der Waals surface area contributed by atoms with Crippen molar-refractivity contribution in [2.45, 2.75) is 25.2 Å². The minimum atomic E-state index is -4.69. The van der Waals surface area contributed by atoms with Crippen LogP contribution in [0, 0.1) is 0 Å². The molecule has 188 valence electrons. The molecule has 35 heavy (non-hydrogen) atoms. The molecule has 4 amide bonds. The highest BCUT2D eigenvalue weighted by Gasteiger charge is 2.48. The molecule has 0 aromatic heterocycles. The summed E-state index contributed by atoms with van der Waals surface area (Å²) >= 11 is 0. The molecule has 1 fully saturated rings. The number of nitrogens with one attached hydrogen (secondary N) is 2. The maximum atomic E-state index is 13.8. The number of ether oxygens (including phenoxy) is 1. The Hall–Kier alpha value is -3.38. The van der Waals surface area contributed by atoms with Crippen LogP contribution in [0.25, 0.3) is 0 Å². The van der Waals surface area contributed by atoms with Gasteiger partial charge in [0.2, 0.25) is 0 Å². The fourth-order valence-electron chi connectivity index (χ4n) is 4.45. The number of carbonyl (C=O) groups is 3. The van der Waals surface area contributed by atoms with Crippen LogP contribution in [0.3, 0.4) is 0 Å². The molecule has 2 atom stereocenters. The zero-order valence-corrected chi connectivity index (χ0v) is 19.1. The second-order valence-corrected chi connectivity index (χ2v) is 8.41. The summed E-state index contributed by atoms with van der Waals surface area (Å²) in [5.41, 5.74) is 1.84. The van der Waals surface area contributed by atoms with Crippen molar-refractivity contribution in [1.82, 2.24) is 25.6 Å². The number of amides is 4. The first-order valence-electron chi connectivity index (χ1n) is 11.2. The third kappa shape index (κ3) is 4.76. The second-order valence-electron chi connectivity index (χ2n) is 8.41. The van der Waals surface area contributed by atoms with Crippen LogP contribution in [0.4, 0.5) is 18.0 Å². The number of hydrogen-bond donors (Lipinski definition) is 2. The van der Waals surface area contributed by atoms with Gasteiger partial charge in [-0.25, -0.2) is 9.80 Å².